The lowest BCUT2D eigenvalue weighted by molar-refractivity contribution is -0.384. The minimum Gasteiger partial charge on any atom is -0.338 e. The zero-order valence-corrected chi connectivity index (χ0v) is 15.5. The number of nitro benzene ring substituents is 1. The summed E-state index contributed by atoms with van der Waals surface area (Å²) in [6, 6.07) is 6.12. The zero-order valence-electron chi connectivity index (χ0n) is 14.7. The van der Waals surface area contributed by atoms with Crippen molar-refractivity contribution in [3.8, 4) is 11.3 Å². The van der Waals surface area contributed by atoms with Crippen molar-refractivity contribution < 1.29 is 9.72 Å². The molecule has 8 nitrogen and oxygen atoms in total. The van der Waals surface area contributed by atoms with Gasteiger partial charge in [-0.05, 0) is 38.1 Å². The standard InChI is InChI=1S/C17H21N5O3.ClH/c1-18-9-12-7-8-21(10-12)17(23)15-11-20(2)19-16(15)13-3-5-14(6-4-13)22(24)25;/h3-6,11-12,18H,7-10H2,1-2H3;1H. The molecule has 1 amide bonds. The number of likely N-dealkylation sites (tertiary alicyclic amines) is 1. The summed E-state index contributed by atoms with van der Waals surface area (Å²) >= 11 is 0. The van der Waals surface area contributed by atoms with Crippen LogP contribution < -0.4 is 5.32 Å². The Morgan fingerprint density at radius 2 is 2.08 bits per heavy atom. The number of rotatable bonds is 5. The molecule has 1 aliphatic heterocycles. The van der Waals surface area contributed by atoms with Crippen LogP contribution in [0.2, 0.25) is 0 Å². The molecule has 1 N–H and O–H groups in total. The number of aryl methyl sites for hydroxylation is 1. The Bertz CT molecular complexity index is 790. The van der Waals surface area contributed by atoms with E-state index in [1.54, 1.807) is 30.1 Å². The van der Waals surface area contributed by atoms with E-state index in [9.17, 15) is 14.9 Å². The van der Waals surface area contributed by atoms with E-state index in [2.05, 4.69) is 10.4 Å². The molecule has 26 heavy (non-hydrogen) atoms. The Labute approximate surface area is 157 Å². The van der Waals surface area contributed by atoms with Gasteiger partial charge < -0.3 is 10.2 Å². The summed E-state index contributed by atoms with van der Waals surface area (Å²) in [5.41, 5.74) is 1.79. The van der Waals surface area contributed by atoms with E-state index in [1.807, 2.05) is 11.9 Å². The number of carbonyl (C=O) groups excluding carboxylic acids is 1. The van der Waals surface area contributed by atoms with E-state index in [0.717, 1.165) is 26.1 Å². The average molecular weight is 380 g/mol. The van der Waals surface area contributed by atoms with Crippen LogP contribution in [0.15, 0.2) is 30.5 Å². The Balaban J connectivity index is 0.00000243. The van der Waals surface area contributed by atoms with Crippen LogP contribution in [0, 0.1) is 16.0 Å². The SMILES string of the molecule is CNCC1CCN(C(=O)c2cn(C)nc2-c2ccc([N+](=O)[O-])cc2)C1.Cl. The summed E-state index contributed by atoms with van der Waals surface area (Å²) in [4.78, 5) is 25.1. The third kappa shape index (κ3) is 4.03. The van der Waals surface area contributed by atoms with Crippen molar-refractivity contribution in [1.29, 1.82) is 0 Å². The molecule has 0 radical (unpaired) electrons. The first-order valence-electron chi connectivity index (χ1n) is 8.22. The van der Waals surface area contributed by atoms with E-state index >= 15 is 0 Å². The maximum absolute atomic E-state index is 12.9. The number of amides is 1. The van der Waals surface area contributed by atoms with E-state index in [0.29, 0.717) is 22.7 Å². The number of carbonyl (C=O) groups is 1. The van der Waals surface area contributed by atoms with Gasteiger partial charge in [0.1, 0.15) is 5.69 Å². The fourth-order valence-electron chi connectivity index (χ4n) is 3.24. The average Bonchev–Trinajstić information content (AvgIpc) is 3.21. The van der Waals surface area contributed by atoms with Crippen LogP contribution >= 0.6 is 12.4 Å². The number of halogens is 1. The highest BCUT2D eigenvalue weighted by molar-refractivity contribution is 6.00. The number of nitrogens with zero attached hydrogens (tertiary/aromatic N) is 4. The van der Waals surface area contributed by atoms with Crippen molar-refractivity contribution in [3.05, 3.63) is 46.1 Å². The summed E-state index contributed by atoms with van der Waals surface area (Å²) < 4.78 is 1.60. The number of aromatic nitrogens is 2. The minimum atomic E-state index is -0.444. The molecule has 1 fully saturated rings. The first-order chi connectivity index (χ1) is 12.0. The number of non-ortho nitro benzene ring substituents is 1. The maximum Gasteiger partial charge on any atom is 0.269 e. The molecule has 2 heterocycles. The molecule has 1 unspecified atom stereocenters. The van der Waals surface area contributed by atoms with Crippen molar-refractivity contribution >= 4 is 24.0 Å². The van der Waals surface area contributed by atoms with Crippen LogP contribution in [0.4, 0.5) is 5.69 Å². The van der Waals surface area contributed by atoms with Gasteiger partial charge in [0.2, 0.25) is 0 Å². The van der Waals surface area contributed by atoms with Gasteiger partial charge in [-0.2, -0.15) is 5.10 Å². The summed E-state index contributed by atoms with van der Waals surface area (Å²) in [6.07, 6.45) is 2.70. The molecule has 1 atom stereocenters. The molecule has 0 spiro atoms. The van der Waals surface area contributed by atoms with Crippen molar-refractivity contribution in [2.75, 3.05) is 26.7 Å². The Kier molecular flexibility index (Phi) is 6.33. The predicted octanol–water partition coefficient (Wildman–Crippen LogP) is 2.10. The summed E-state index contributed by atoms with van der Waals surface area (Å²) in [6.45, 7) is 2.36. The second-order valence-corrected chi connectivity index (χ2v) is 6.33. The largest absolute Gasteiger partial charge is 0.338 e. The highest BCUT2D eigenvalue weighted by Gasteiger charge is 2.29. The van der Waals surface area contributed by atoms with E-state index in [1.165, 1.54) is 12.1 Å². The lowest BCUT2D eigenvalue weighted by Crippen LogP contribution is -2.30. The van der Waals surface area contributed by atoms with Gasteiger partial charge in [0.05, 0.1) is 10.5 Å². The third-order valence-corrected chi connectivity index (χ3v) is 4.48. The van der Waals surface area contributed by atoms with Gasteiger partial charge >= 0.3 is 0 Å². The van der Waals surface area contributed by atoms with Gasteiger partial charge in [-0.25, -0.2) is 0 Å². The number of nitrogens with one attached hydrogen (secondary N) is 1. The van der Waals surface area contributed by atoms with E-state index in [-0.39, 0.29) is 24.0 Å². The summed E-state index contributed by atoms with van der Waals surface area (Å²) in [5, 5.41) is 18.4. The van der Waals surface area contributed by atoms with Crippen molar-refractivity contribution in [2.24, 2.45) is 13.0 Å². The number of nitro groups is 1. The molecule has 1 aromatic carbocycles. The first-order valence-corrected chi connectivity index (χ1v) is 8.22. The summed E-state index contributed by atoms with van der Waals surface area (Å²) in [5.74, 6) is 0.425. The quantitative estimate of drug-likeness (QED) is 0.634. The molecule has 3 rings (SSSR count). The molecule has 0 aliphatic carbocycles. The predicted molar refractivity (Wildman–Crippen MR) is 100 cm³/mol. The van der Waals surface area contributed by atoms with Crippen LogP contribution in [-0.4, -0.2) is 52.2 Å². The Morgan fingerprint density at radius 3 is 2.69 bits per heavy atom. The molecule has 1 saturated heterocycles. The van der Waals surface area contributed by atoms with E-state index < -0.39 is 4.92 Å². The molecule has 0 bridgehead atoms. The maximum atomic E-state index is 12.9. The van der Waals surface area contributed by atoms with Gasteiger partial charge in [-0.15, -0.1) is 12.4 Å². The minimum absolute atomic E-state index is 0. The topological polar surface area (TPSA) is 93.3 Å². The van der Waals surface area contributed by atoms with Crippen molar-refractivity contribution in [2.45, 2.75) is 6.42 Å². The molecule has 9 heteroatoms. The van der Waals surface area contributed by atoms with E-state index in [4.69, 9.17) is 0 Å². The fraction of sp³-hybridized carbons (Fsp3) is 0.412. The van der Waals surface area contributed by atoms with Crippen molar-refractivity contribution in [3.63, 3.8) is 0 Å². The molecule has 1 aromatic heterocycles. The normalized spacial score (nSPS) is 16.4. The first kappa shape index (κ1) is 19.9. The number of hydrogen-bond acceptors (Lipinski definition) is 5. The van der Waals surface area contributed by atoms with Gasteiger partial charge in [-0.3, -0.25) is 19.6 Å². The van der Waals surface area contributed by atoms with Crippen LogP contribution in [-0.2, 0) is 7.05 Å². The molecule has 140 valence electrons. The number of benzene rings is 1. The second-order valence-electron chi connectivity index (χ2n) is 6.33. The fourth-order valence-corrected chi connectivity index (χ4v) is 3.24. The van der Waals surface area contributed by atoms with Gasteiger partial charge in [-0.1, -0.05) is 0 Å². The highest BCUT2D eigenvalue weighted by Crippen LogP contribution is 2.27. The monoisotopic (exact) mass is 379 g/mol. The van der Waals surface area contributed by atoms with Gasteiger partial charge in [0.25, 0.3) is 11.6 Å². The zero-order chi connectivity index (χ0) is 18.0. The molecule has 1 aliphatic rings. The molecular formula is C17H22ClN5O3. The van der Waals surface area contributed by atoms with Crippen LogP contribution in [0.5, 0.6) is 0 Å². The Hall–Kier alpha value is -2.45. The van der Waals surface area contributed by atoms with Gasteiger partial charge in [0.15, 0.2) is 0 Å². The number of hydrogen-bond donors (Lipinski definition) is 1. The molecular weight excluding hydrogens is 358 g/mol. The summed E-state index contributed by atoms with van der Waals surface area (Å²) in [7, 11) is 3.68. The second kappa shape index (κ2) is 8.29. The van der Waals surface area contributed by atoms with Crippen LogP contribution in [0.25, 0.3) is 11.3 Å². The third-order valence-electron chi connectivity index (χ3n) is 4.48. The lowest BCUT2D eigenvalue weighted by atomic mass is 10.1. The van der Waals surface area contributed by atoms with Crippen LogP contribution in [0.3, 0.4) is 0 Å². The van der Waals surface area contributed by atoms with Gasteiger partial charge in [0, 0.05) is 44.0 Å². The highest BCUT2D eigenvalue weighted by atomic mass is 35.5. The lowest BCUT2D eigenvalue weighted by Gasteiger charge is -2.16. The molecule has 2 aromatic rings. The van der Waals surface area contributed by atoms with Crippen LogP contribution in [0.1, 0.15) is 16.8 Å². The Morgan fingerprint density at radius 1 is 1.38 bits per heavy atom. The smallest absolute Gasteiger partial charge is 0.269 e. The molecule has 0 saturated carbocycles. The van der Waals surface area contributed by atoms with Crippen molar-refractivity contribution in [1.82, 2.24) is 20.0 Å².